The van der Waals surface area contributed by atoms with Crippen LogP contribution in [0.5, 0.6) is 5.75 Å². The van der Waals surface area contributed by atoms with Crippen LogP contribution in [0.1, 0.15) is 22.8 Å². The maximum Gasteiger partial charge on any atom is 0.189 e. The summed E-state index contributed by atoms with van der Waals surface area (Å²) in [7, 11) is 0. The summed E-state index contributed by atoms with van der Waals surface area (Å²) in [6.07, 6.45) is 3.09. The third-order valence-electron chi connectivity index (χ3n) is 1.74. The first kappa shape index (κ1) is 9.52. The standard InChI is InChI=1S/C11H12O2/c1-3-4-10(12)9-6-5-8(2)7-11(9)13/h3-7,13H,1-2H3/b4-3+. The maximum absolute atomic E-state index is 11.3. The molecule has 2 nitrogen and oxygen atoms in total. The van der Waals surface area contributed by atoms with Crippen molar-refractivity contribution in [2.75, 3.05) is 0 Å². The molecule has 0 bridgehead atoms. The molecule has 0 spiro atoms. The predicted molar refractivity (Wildman–Crippen MR) is 52.0 cm³/mol. The largest absolute Gasteiger partial charge is 0.507 e. The van der Waals surface area contributed by atoms with Crippen molar-refractivity contribution in [2.24, 2.45) is 0 Å². The Morgan fingerprint density at radius 3 is 2.69 bits per heavy atom. The molecule has 0 fully saturated rings. The van der Waals surface area contributed by atoms with E-state index >= 15 is 0 Å². The van der Waals surface area contributed by atoms with Gasteiger partial charge in [0.15, 0.2) is 5.78 Å². The molecule has 2 heteroatoms. The van der Waals surface area contributed by atoms with E-state index in [0.717, 1.165) is 5.56 Å². The molecule has 1 aromatic carbocycles. The molecule has 0 aliphatic heterocycles. The second-order valence-electron chi connectivity index (χ2n) is 2.88. The predicted octanol–water partition coefficient (Wildman–Crippen LogP) is 2.46. The monoisotopic (exact) mass is 176 g/mol. The minimum absolute atomic E-state index is 0.0445. The average Bonchev–Trinajstić information content (AvgIpc) is 2.04. The first-order valence-corrected chi connectivity index (χ1v) is 4.12. The number of benzene rings is 1. The van der Waals surface area contributed by atoms with E-state index in [2.05, 4.69) is 0 Å². The fourth-order valence-electron chi connectivity index (χ4n) is 1.09. The lowest BCUT2D eigenvalue weighted by Gasteiger charge is -2.00. The number of aryl methyl sites for hydroxylation is 1. The van der Waals surface area contributed by atoms with Crippen molar-refractivity contribution in [3.63, 3.8) is 0 Å². The van der Waals surface area contributed by atoms with Gasteiger partial charge in [0.1, 0.15) is 5.75 Å². The molecule has 0 saturated heterocycles. The van der Waals surface area contributed by atoms with Crippen molar-refractivity contribution in [1.82, 2.24) is 0 Å². The molecule has 0 heterocycles. The van der Waals surface area contributed by atoms with Gasteiger partial charge in [-0.3, -0.25) is 4.79 Å². The molecule has 68 valence electrons. The number of hydrogen-bond donors (Lipinski definition) is 1. The van der Waals surface area contributed by atoms with Gasteiger partial charge in [-0.2, -0.15) is 0 Å². The number of allylic oxidation sites excluding steroid dienone is 2. The second-order valence-corrected chi connectivity index (χ2v) is 2.88. The lowest BCUT2D eigenvalue weighted by atomic mass is 10.1. The Balaban J connectivity index is 3.09. The summed E-state index contributed by atoms with van der Waals surface area (Å²) in [6, 6.07) is 5.01. The number of rotatable bonds is 2. The highest BCUT2D eigenvalue weighted by Gasteiger charge is 2.06. The summed E-state index contributed by atoms with van der Waals surface area (Å²) < 4.78 is 0. The molecule has 0 amide bonds. The molecule has 1 aromatic rings. The Hall–Kier alpha value is -1.57. The molecule has 0 aromatic heterocycles. The van der Waals surface area contributed by atoms with Gasteiger partial charge in [-0.25, -0.2) is 0 Å². The fourth-order valence-corrected chi connectivity index (χ4v) is 1.09. The van der Waals surface area contributed by atoms with Gasteiger partial charge in [0, 0.05) is 0 Å². The van der Waals surface area contributed by atoms with Crippen LogP contribution in [-0.4, -0.2) is 10.9 Å². The van der Waals surface area contributed by atoms with Crippen molar-refractivity contribution in [3.8, 4) is 5.75 Å². The number of phenols is 1. The molecule has 0 aliphatic carbocycles. The lowest BCUT2D eigenvalue weighted by Crippen LogP contribution is -1.94. The number of hydrogen-bond acceptors (Lipinski definition) is 2. The Bertz CT molecular complexity index is 351. The van der Waals surface area contributed by atoms with Crippen LogP contribution in [0, 0.1) is 6.92 Å². The van der Waals surface area contributed by atoms with E-state index in [-0.39, 0.29) is 11.5 Å². The summed E-state index contributed by atoms with van der Waals surface area (Å²) in [5, 5.41) is 9.43. The van der Waals surface area contributed by atoms with E-state index in [9.17, 15) is 9.90 Å². The summed E-state index contributed by atoms with van der Waals surface area (Å²) in [5.74, 6) is -0.122. The maximum atomic E-state index is 11.3. The molecule has 0 unspecified atom stereocenters. The van der Waals surface area contributed by atoms with Crippen molar-refractivity contribution >= 4 is 5.78 Å². The van der Waals surface area contributed by atoms with Gasteiger partial charge in [-0.05, 0) is 37.6 Å². The van der Waals surface area contributed by atoms with Crippen LogP contribution >= 0.6 is 0 Å². The van der Waals surface area contributed by atoms with Crippen LogP contribution in [0.2, 0.25) is 0 Å². The van der Waals surface area contributed by atoms with Gasteiger partial charge in [0.05, 0.1) is 5.56 Å². The third-order valence-corrected chi connectivity index (χ3v) is 1.74. The van der Waals surface area contributed by atoms with Gasteiger partial charge in [-0.1, -0.05) is 12.1 Å². The summed E-state index contributed by atoms with van der Waals surface area (Å²) in [6.45, 7) is 3.63. The highest BCUT2D eigenvalue weighted by atomic mass is 16.3. The van der Waals surface area contributed by atoms with E-state index in [1.54, 1.807) is 31.2 Å². The van der Waals surface area contributed by atoms with Crippen molar-refractivity contribution in [2.45, 2.75) is 13.8 Å². The van der Waals surface area contributed by atoms with E-state index in [0.29, 0.717) is 5.56 Å². The smallest absolute Gasteiger partial charge is 0.189 e. The molecule has 1 N–H and O–H groups in total. The quantitative estimate of drug-likeness (QED) is 0.555. The van der Waals surface area contributed by atoms with Crippen molar-refractivity contribution in [3.05, 3.63) is 41.5 Å². The number of carbonyl (C=O) groups is 1. The van der Waals surface area contributed by atoms with Crippen LogP contribution in [0.4, 0.5) is 0 Å². The third kappa shape index (κ3) is 2.18. The Labute approximate surface area is 77.5 Å². The highest BCUT2D eigenvalue weighted by Crippen LogP contribution is 2.19. The van der Waals surface area contributed by atoms with Gasteiger partial charge >= 0.3 is 0 Å². The normalized spacial score (nSPS) is 10.6. The first-order valence-electron chi connectivity index (χ1n) is 4.12. The van der Waals surface area contributed by atoms with Crippen LogP contribution in [0.25, 0.3) is 0 Å². The van der Waals surface area contributed by atoms with Crippen LogP contribution in [-0.2, 0) is 0 Å². The molecular formula is C11H12O2. The minimum atomic E-state index is -0.167. The zero-order chi connectivity index (χ0) is 9.84. The minimum Gasteiger partial charge on any atom is -0.507 e. The van der Waals surface area contributed by atoms with Crippen molar-refractivity contribution in [1.29, 1.82) is 0 Å². The van der Waals surface area contributed by atoms with Gasteiger partial charge < -0.3 is 5.11 Å². The molecule has 0 atom stereocenters. The van der Waals surface area contributed by atoms with Crippen LogP contribution in [0.3, 0.4) is 0 Å². The number of aromatic hydroxyl groups is 1. The topological polar surface area (TPSA) is 37.3 Å². The number of carbonyl (C=O) groups excluding carboxylic acids is 1. The van der Waals surface area contributed by atoms with Gasteiger partial charge in [0.2, 0.25) is 0 Å². The Morgan fingerprint density at radius 1 is 1.46 bits per heavy atom. The fraction of sp³-hybridized carbons (Fsp3) is 0.182. The second kappa shape index (κ2) is 3.90. The summed E-state index contributed by atoms with van der Waals surface area (Å²) in [5.41, 5.74) is 1.29. The first-order chi connectivity index (χ1) is 6.15. The van der Waals surface area contributed by atoms with Crippen molar-refractivity contribution < 1.29 is 9.90 Å². The lowest BCUT2D eigenvalue weighted by molar-refractivity contribution is 0.104. The summed E-state index contributed by atoms with van der Waals surface area (Å²) >= 11 is 0. The zero-order valence-electron chi connectivity index (χ0n) is 7.74. The SMILES string of the molecule is C/C=C/C(=O)c1ccc(C)cc1O. The Kier molecular flexibility index (Phi) is 2.85. The van der Waals surface area contributed by atoms with E-state index < -0.39 is 0 Å². The van der Waals surface area contributed by atoms with Crippen LogP contribution < -0.4 is 0 Å². The van der Waals surface area contributed by atoms with Gasteiger partial charge in [-0.15, -0.1) is 0 Å². The van der Waals surface area contributed by atoms with E-state index in [1.807, 2.05) is 6.92 Å². The number of phenolic OH excluding ortho intramolecular Hbond substituents is 1. The number of ketones is 1. The molecular weight excluding hydrogens is 164 g/mol. The zero-order valence-corrected chi connectivity index (χ0v) is 7.74. The van der Waals surface area contributed by atoms with E-state index in [4.69, 9.17) is 0 Å². The summed E-state index contributed by atoms with van der Waals surface area (Å²) in [4.78, 5) is 11.3. The van der Waals surface area contributed by atoms with Gasteiger partial charge in [0.25, 0.3) is 0 Å². The van der Waals surface area contributed by atoms with E-state index in [1.165, 1.54) is 6.08 Å². The Morgan fingerprint density at radius 2 is 2.15 bits per heavy atom. The molecule has 0 saturated carbocycles. The van der Waals surface area contributed by atoms with Crippen LogP contribution in [0.15, 0.2) is 30.4 Å². The average molecular weight is 176 g/mol. The molecule has 0 radical (unpaired) electrons. The molecule has 0 aliphatic rings. The molecule has 1 rings (SSSR count). The molecule has 13 heavy (non-hydrogen) atoms. The highest BCUT2D eigenvalue weighted by molar-refractivity contribution is 6.06.